The first-order chi connectivity index (χ1) is 7.79. The molecule has 3 nitrogen and oxygen atoms in total. The summed E-state index contributed by atoms with van der Waals surface area (Å²) in [6.45, 7) is 2.67. The first kappa shape index (κ1) is 10.3. The van der Waals surface area contributed by atoms with Gasteiger partial charge < -0.3 is 9.73 Å². The molecule has 16 heavy (non-hydrogen) atoms. The number of hydrogen-bond acceptors (Lipinski definition) is 3. The predicted molar refractivity (Wildman–Crippen MR) is 61.9 cm³/mol. The lowest BCUT2D eigenvalue weighted by atomic mass is 10.2. The summed E-state index contributed by atoms with van der Waals surface area (Å²) >= 11 is 0. The van der Waals surface area contributed by atoms with Crippen LogP contribution < -0.4 is 5.32 Å². The molecule has 0 atom stereocenters. The average molecular weight is 212 g/mol. The van der Waals surface area contributed by atoms with E-state index in [4.69, 9.17) is 9.68 Å². The Morgan fingerprint density at radius 2 is 2.00 bits per heavy atom. The topological polar surface area (TPSA) is 49.0 Å². The maximum atomic E-state index is 8.66. The molecule has 0 amide bonds. The van der Waals surface area contributed by atoms with Gasteiger partial charge in [-0.25, -0.2) is 0 Å². The van der Waals surface area contributed by atoms with Crippen LogP contribution in [0, 0.1) is 18.3 Å². The molecule has 0 fully saturated rings. The van der Waals surface area contributed by atoms with Crippen molar-refractivity contribution in [3.05, 3.63) is 53.5 Å². The van der Waals surface area contributed by atoms with Crippen molar-refractivity contribution >= 4 is 5.69 Å². The highest BCUT2D eigenvalue weighted by Crippen LogP contribution is 2.13. The maximum Gasteiger partial charge on any atom is 0.125 e. The Hall–Kier alpha value is -2.21. The van der Waals surface area contributed by atoms with Crippen LogP contribution in [0.15, 0.2) is 41.0 Å². The molecule has 0 spiro atoms. The van der Waals surface area contributed by atoms with E-state index in [1.54, 1.807) is 18.4 Å². The zero-order valence-corrected chi connectivity index (χ0v) is 9.03. The fraction of sp³-hybridized carbons (Fsp3) is 0.154. The fourth-order valence-electron chi connectivity index (χ4n) is 1.43. The van der Waals surface area contributed by atoms with Gasteiger partial charge in [-0.15, -0.1) is 0 Å². The van der Waals surface area contributed by atoms with Gasteiger partial charge >= 0.3 is 0 Å². The summed E-state index contributed by atoms with van der Waals surface area (Å²) in [4.78, 5) is 0. The van der Waals surface area contributed by atoms with Crippen molar-refractivity contribution in [1.82, 2.24) is 0 Å². The van der Waals surface area contributed by atoms with Crippen molar-refractivity contribution in [3.8, 4) is 6.07 Å². The Morgan fingerprint density at radius 1 is 1.25 bits per heavy atom. The minimum Gasteiger partial charge on any atom is -0.467 e. The predicted octanol–water partition coefficient (Wildman–Crippen LogP) is 3.07. The van der Waals surface area contributed by atoms with Gasteiger partial charge in [0, 0.05) is 5.69 Å². The molecule has 0 saturated carbocycles. The van der Waals surface area contributed by atoms with Crippen LogP contribution in [0.1, 0.15) is 16.9 Å². The van der Waals surface area contributed by atoms with Gasteiger partial charge in [-0.2, -0.15) is 5.26 Å². The third kappa shape index (κ3) is 2.23. The molecule has 0 bridgehead atoms. The largest absolute Gasteiger partial charge is 0.467 e. The van der Waals surface area contributed by atoms with Crippen molar-refractivity contribution in [2.45, 2.75) is 13.5 Å². The molecule has 3 heteroatoms. The highest BCUT2D eigenvalue weighted by atomic mass is 16.3. The number of nitriles is 1. The zero-order chi connectivity index (χ0) is 11.4. The van der Waals surface area contributed by atoms with E-state index in [1.165, 1.54) is 0 Å². The molecule has 1 N–H and O–H groups in total. The number of furan rings is 1. The van der Waals surface area contributed by atoms with Gasteiger partial charge in [-0.05, 0) is 42.8 Å². The summed E-state index contributed by atoms with van der Waals surface area (Å²) in [5, 5.41) is 11.9. The van der Waals surface area contributed by atoms with E-state index in [0.29, 0.717) is 12.1 Å². The van der Waals surface area contributed by atoms with Crippen molar-refractivity contribution in [3.63, 3.8) is 0 Å². The van der Waals surface area contributed by atoms with Crippen molar-refractivity contribution in [2.24, 2.45) is 0 Å². The zero-order valence-electron chi connectivity index (χ0n) is 9.03. The lowest BCUT2D eigenvalue weighted by Crippen LogP contribution is -1.99. The Labute approximate surface area is 94.3 Å². The van der Waals surface area contributed by atoms with Gasteiger partial charge in [-0.3, -0.25) is 0 Å². The first-order valence-electron chi connectivity index (χ1n) is 5.06. The monoisotopic (exact) mass is 212 g/mol. The molecule has 80 valence electrons. The molecular formula is C13H12N2O. The number of rotatable bonds is 3. The minimum absolute atomic E-state index is 0.657. The molecule has 0 saturated heterocycles. The number of hydrogen-bond donors (Lipinski definition) is 1. The Morgan fingerprint density at radius 3 is 2.56 bits per heavy atom. The van der Waals surface area contributed by atoms with Gasteiger partial charge in [-0.1, -0.05) is 0 Å². The summed E-state index contributed by atoms with van der Waals surface area (Å²) in [5.74, 6) is 0.935. The third-order valence-corrected chi connectivity index (χ3v) is 2.44. The van der Waals surface area contributed by atoms with Crippen LogP contribution in [0.25, 0.3) is 0 Å². The smallest absolute Gasteiger partial charge is 0.125 e. The molecule has 2 aromatic rings. The highest BCUT2D eigenvalue weighted by molar-refractivity contribution is 5.47. The third-order valence-electron chi connectivity index (χ3n) is 2.44. The lowest BCUT2D eigenvalue weighted by Gasteiger charge is -2.04. The second-order valence-corrected chi connectivity index (χ2v) is 3.57. The lowest BCUT2D eigenvalue weighted by molar-refractivity contribution is 0.515. The fourth-order valence-corrected chi connectivity index (χ4v) is 1.43. The van der Waals surface area contributed by atoms with Gasteiger partial charge in [0.05, 0.1) is 24.4 Å². The van der Waals surface area contributed by atoms with Crippen molar-refractivity contribution < 1.29 is 4.42 Å². The van der Waals surface area contributed by atoms with Crippen molar-refractivity contribution in [1.29, 1.82) is 5.26 Å². The van der Waals surface area contributed by atoms with Crippen LogP contribution in [-0.2, 0) is 6.54 Å². The van der Waals surface area contributed by atoms with E-state index in [-0.39, 0.29) is 0 Å². The van der Waals surface area contributed by atoms with Gasteiger partial charge in [0.2, 0.25) is 0 Å². The van der Waals surface area contributed by atoms with Crippen molar-refractivity contribution in [2.75, 3.05) is 5.32 Å². The average Bonchev–Trinajstić information content (AvgIpc) is 2.73. The van der Waals surface area contributed by atoms with Gasteiger partial charge in [0.1, 0.15) is 5.76 Å². The SMILES string of the molecule is Cc1ccoc1CNc1ccc(C#N)cc1. The standard InChI is InChI=1S/C13H12N2O/c1-10-6-7-16-13(10)9-15-12-4-2-11(8-14)3-5-12/h2-7,15H,9H2,1H3. The molecule has 0 radical (unpaired) electrons. The van der Waals surface area contributed by atoms with Crippen LogP contribution in [0.5, 0.6) is 0 Å². The number of nitrogens with zero attached hydrogens (tertiary/aromatic N) is 1. The number of benzene rings is 1. The Kier molecular flexibility index (Phi) is 2.93. The summed E-state index contributed by atoms with van der Waals surface area (Å²) < 4.78 is 5.32. The highest BCUT2D eigenvalue weighted by Gasteiger charge is 2.01. The second-order valence-electron chi connectivity index (χ2n) is 3.57. The molecule has 0 aliphatic heterocycles. The van der Waals surface area contributed by atoms with Gasteiger partial charge in [0.25, 0.3) is 0 Å². The summed E-state index contributed by atoms with van der Waals surface area (Å²) in [6.07, 6.45) is 1.69. The second kappa shape index (κ2) is 4.54. The summed E-state index contributed by atoms with van der Waals surface area (Å²) in [6, 6.07) is 11.4. The molecule has 0 aliphatic carbocycles. The first-order valence-corrected chi connectivity index (χ1v) is 5.06. The van der Waals surface area contributed by atoms with E-state index in [9.17, 15) is 0 Å². The van der Waals surface area contributed by atoms with E-state index in [0.717, 1.165) is 17.0 Å². The molecular weight excluding hydrogens is 200 g/mol. The van der Waals surface area contributed by atoms with Crippen LogP contribution in [0.3, 0.4) is 0 Å². The van der Waals surface area contributed by atoms with E-state index < -0.39 is 0 Å². The quantitative estimate of drug-likeness (QED) is 0.850. The Balaban J connectivity index is 2.00. The van der Waals surface area contributed by atoms with E-state index in [2.05, 4.69) is 11.4 Å². The molecule has 1 aromatic heterocycles. The number of nitrogens with one attached hydrogen (secondary N) is 1. The molecule has 1 aromatic carbocycles. The number of aryl methyl sites for hydroxylation is 1. The summed E-state index contributed by atoms with van der Waals surface area (Å²) in [7, 11) is 0. The number of anilines is 1. The normalized spacial score (nSPS) is 9.75. The van der Waals surface area contributed by atoms with E-state index >= 15 is 0 Å². The molecule has 2 rings (SSSR count). The molecule has 0 unspecified atom stereocenters. The van der Waals surface area contributed by atoms with E-state index in [1.807, 2.05) is 25.1 Å². The van der Waals surface area contributed by atoms with Crippen LogP contribution in [0.4, 0.5) is 5.69 Å². The molecule has 0 aliphatic rings. The maximum absolute atomic E-state index is 8.66. The van der Waals surface area contributed by atoms with Crippen LogP contribution in [0.2, 0.25) is 0 Å². The Bertz CT molecular complexity index is 505. The van der Waals surface area contributed by atoms with Crippen LogP contribution >= 0.6 is 0 Å². The van der Waals surface area contributed by atoms with Gasteiger partial charge in [0.15, 0.2) is 0 Å². The molecule has 1 heterocycles. The summed E-state index contributed by atoms with van der Waals surface area (Å²) in [5.41, 5.74) is 2.79. The minimum atomic E-state index is 0.657. The van der Waals surface area contributed by atoms with Crippen LogP contribution in [-0.4, -0.2) is 0 Å².